The first-order valence-corrected chi connectivity index (χ1v) is 7.16. The molecule has 0 rings (SSSR count). The van der Waals surface area contributed by atoms with Crippen molar-refractivity contribution in [2.75, 3.05) is 0 Å². The fourth-order valence-electron chi connectivity index (χ4n) is 0.701. The van der Waals surface area contributed by atoms with Gasteiger partial charge in [0.05, 0.1) is 8.07 Å². The SMILES string of the molecule is CC(C)(C)[Si](C)(C)CC(N)=O. The van der Waals surface area contributed by atoms with Crippen LogP contribution in [0.25, 0.3) is 0 Å². The molecule has 0 saturated carbocycles. The molecule has 0 atom stereocenters. The van der Waals surface area contributed by atoms with Gasteiger partial charge in [-0.2, -0.15) is 0 Å². The van der Waals surface area contributed by atoms with Crippen LogP contribution in [0.5, 0.6) is 0 Å². The molecule has 0 fully saturated rings. The monoisotopic (exact) mass is 173 g/mol. The van der Waals surface area contributed by atoms with Gasteiger partial charge >= 0.3 is 0 Å². The lowest BCUT2D eigenvalue weighted by molar-refractivity contribution is -0.116. The van der Waals surface area contributed by atoms with Gasteiger partial charge in [0, 0.05) is 6.04 Å². The van der Waals surface area contributed by atoms with Crippen LogP contribution in [-0.2, 0) is 4.79 Å². The average molecular weight is 173 g/mol. The van der Waals surface area contributed by atoms with Gasteiger partial charge in [0.15, 0.2) is 0 Å². The quantitative estimate of drug-likeness (QED) is 0.638. The zero-order chi connectivity index (χ0) is 9.28. The van der Waals surface area contributed by atoms with E-state index < -0.39 is 8.07 Å². The van der Waals surface area contributed by atoms with Gasteiger partial charge in [-0.25, -0.2) is 0 Å². The molecule has 0 aliphatic rings. The molecule has 66 valence electrons. The summed E-state index contributed by atoms with van der Waals surface area (Å²) in [7, 11) is -1.44. The molecule has 0 saturated heterocycles. The van der Waals surface area contributed by atoms with E-state index >= 15 is 0 Å². The molecule has 0 aromatic carbocycles. The molecule has 0 spiro atoms. The predicted molar refractivity (Wildman–Crippen MR) is 51.2 cm³/mol. The molecule has 0 bridgehead atoms. The highest BCUT2D eigenvalue weighted by molar-refractivity contribution is 6.82. The Hall–Kier alpha value is -0.313. The number of carbonyl (C=O) groups is 1. The van der Waals surface area contributed by atoms with Crippen molar-refractivity contribution < 1.29 is 4.79 Å². The maximum atomic E-state index is 10.7. The number of amides is 1. The number of carbonyl (C=O) groups excluding carboxylic acids is 1. The largest absolute Gasteiger partial charge is 0.370 e. The maximum absolute atomic E-state index is 10.7. The molecule has 1 amide bonds. The van der Waals surface area contributed by atoms with Crippen LogP contribution in [0.3, 0.4) is 0 Å². The van der Waals surface area contributed by atoms with E-state index in [2.05, 4.69) is 33.9 Å². The molecule has 3 heteroatoms. The third kappa shape index (κ3) is 3.06. The summed E-state index contributed by atoms with van der Waals surface area (Å²) in [6.07, 6.45) is 0. The molecule has 0 unspecified atom stereocenters. The Balaban J connectivity index is 4.34. The van der Waals surface area contributed by atoms with E-state index in [0.29, 0.717) is 6.04 Å². The van der Waals surface area contributed by atoms with Gasteiger partial charge in [0.2, 0.25) is 5.91 Å². The molecule has 0 heterocycles. The average Bonchev–Trinajstić information content (AvgIpc) is 1.56. The molecule has 2 nitrogen and oxygen atoms in total. The zero-order valence-corrected chi connectivity index (χ0v) is 9.19. The lowest BCUT2D eigenvalue weighted by Crippen LogP contribution is -2.40. The summed E-state index contributed by atoms with van der Waals surface area (Å²) >= 11 is 0. The first kappa shape index (κ1) is 10.7. The van der Waals surface area contributed by atoms with Crippen LogP contribution >= 0.6 is 0 Å². The topological polar surface area (TPSA) is 43.1 Å². The second-order valence-electron chi connectivity index (χ2n) is 4.78. The van der Waals surface area contributed by atoms with E-state index in [1.54, 1.807) is 0 Å². The van der Waals surface area contributed by atoms with Crippen molar-refractivity contribution in [1.29, 1.82) is 0 Å². The summed E-state index contributed by atoms with van der Waals surface area (Å²) in [6, 6.07) is 0.594. The zero-order valence-electron chi connectivity index (χ0n) is 8.19. The predicted octanol–water partition coefficient (Wildman–Crippen LogP) is 1.98. The van der Waals surface area contributed by atoms with Crippen LogP contribution in [0, 0.1) is 0 Å². The van der Waals surface area contributed by atoms with E-state index in [1.807, 2.05) is 0 Å². The number of hydrogen-bond acceptors (Lipinski definition) is 1. The third-order valence-corrected chi connectivity index (χ3v) is 7.94. The molecule has 0 aromatic heterocycles. The normalized spacial score (nSPS) is 13.2. The van der Waals surface area contributed by atoms with Gasteiger partial charge in [-0.05, 0) is 5.04 Å². The van der Waals surface area contributed by atoms with E-state index in [4.69, 9.17) is 5.73 Å². The van der Waals surface area contributed by atoms with Crippen molar-refractivity contribution >= 4 is 14.0 Å². The smallest absolute Gasteiger partial charge is 0.214 e. The number of nitrogens with two attached hydrogens (primary N) is 1. The Morgan fingerprint density at radius 3 is 1.82 bits per heavy atom. The van der Waals surface area contributed by atoms with Crippen LogP contribution in [-0.4, -0.2) is 14.0 Å². The van der Waals surface area contributed by atoms with E-state index in [1.165, 1.54) is 0 Å². The second-order valence-corrected chi connectivity index (χ2v) is 10.4. The molecule has 11 heavy (non-hydrogen) atoms. The Morgan fingerprint density at radius 1 is 1.36 bits per heavy atom. The molecule has 2 N–H and O–H groups in total. The highest BCUT2D eigenvalue weighted by Crippen LogP contribution is 2.38. The summed E-state index contributed by atoms with van der Waals surface area (Å²) in [5.74, 6) is -0.156. The van der Waals surface area contributed by atoms with E-state index in [9.17, 15) is 4.79 Å². The first-order chi connectivity index (χ1) is 4.67. The lowest BCUT2D eigenvalue weighted by atomic mass is 10.2. The van der Waals surface area contributed by atoms with Crippen molar-refractivity contribution in [3.8, 4) is 0 Å². The van der Waals surface area contributed by atoms with Gasteiger partial charge in [-0.15, -0.1) is 0 Å². The maximum Gasteiger partial charge on any atom is 0.214 e. The van der Waals surface area contributed by atoms with Crippen molar-refractivity contribution in [3.63, 3.8) is 0 Å². The minimum atomic E-state index is -1.44. The van der Waals surface area contributed by atoms with Crippen molar-refractivity contribution in [1.82, 2.24) is 0 Å². The van der Waals surface area contributed by atoms with Crippen LogP contribution in [0.1, 0.15) is 20.8 Å². The fraction of sp³-hybridized carbons (Fsp3) is 0.875. The van der Waals surface area contributed by atoms with Crippen molar-refractivity contribution in [2.45, 2.75) is 44.9 Å². The molecule has 0 aliphatic carbocycles. The molecular weight excluding hydrogens is 154 g/mol. The Kier molecular flexibility index (Phi) is 2.89. The van der Waals surface area contributed by atoms with E-state index in [-0.39, 0.29) is 10.9 Å². The van der Waals surface area contributed by atoms with E-state index in [0.717, 1.165) is 0 Å². The third-order valence-electron chi connectivity index (χ3n) is 2.65. The number of rotatable bonds is 2. The summed E-state index contributed by atoms with van der Waals surface area (Å²) in [4.78, 5) is 10.7. The number of primary amides is 1. The molecule has 0 aromatic rings. The van der Waals surface area contributed by atoms with Gasteiger partial charge in [0.1, 0.15) is 0 Å². The first-order valence-electron chi connectivity index (χ1n) is 3.95. The number of hydrogen-bond donors (Lipinski definition) is 1. The molecular formula is C8H19NOSi. The molecule has 0 radical (unpaired) electrons. The van der Waals surface area contributed by atoms with Gasteiger partial charge in [-0.3, -0.25) is 4.79 Å². The minimum absolute atomic E-state index is 0.156. The van der Waals surface area contributed by atoms with Crippen LogP contribution in [0.15, 0.2) is 0 Å². The summed E-state index contributed by atoms with van der Waals surface area (Å²) in [6.45, 7) is 11.0. The minimum Gasteiger partial charge on any atom is -0.370 e. The Morgan fingerprint density at radius 2 is 1.73 bits per heavy atom. The summed E-state index contributed by atoms with van der Waals surface area (Å²) in [5, 5.41) is 0.266. The summed E-state index contributed by atoms with van der Waals surface area (Å²) in [5.41, 5.74) is 5.17. The summed E-state index contributed by atoms with van der Waals surface area (Å²) < 4.78 is 0. The lowest BCUT2D eigenvalue weighted by Gasteiger charge is -2.35. The standard InChI is InChI=1S/C8H19NOSi/c1-8(2,3)11(4,5)6-7(9)10/h6H2,1-5H3,(H2,9,10). The highest BCUT2D eigenvalue weighted by Gasteiger charge is 2.36. The fourth-order valence-corrected chi connectivity index (χ4v) is 2.10. The second kappa shape index (κ2) is 2.97. The molecule has 0 aliphatic heterocycles. The Bertz CT molecular complexity index is 158. The van der Waals surface area contributed by atoms with Gasteiger partial charge < -0.3 is 5.73 Å². The van der Waals surface area contributed by atoms with Crippen LogP contribution in [0.2, 0.25) is 24.2 Å². The highest BCUT2D eigenvalue weighted by atomic mass is 28.3. The van der Waals surface area contributed by atoms with Crippen molar-refractivity contribution in [3.05, 3.63) is 0 Å². The van der Waals surface area contributed by atoms with Crippen LogP contribution < -0.4 is 5.73 Å². The van der Waals surface area contributed by atoms with Gasteiger partial charge in [-0.1, -0.05) is 33.9 Å². The Labute approximate surface area is 70.2 Å². The van der Waals surface area contributed by atoms with Gasteiger partial charge in [0.25, 0.3) is 0 Å². The van der Waals surface area contributed by atoms with Crippen LogP contribution in [0.4, 0.5) is 0 Å². The van der Waals surface area contributed by atoms with Crippen molar-refractivity contribution in [2.24, 2.45) is 5.73 Å².